The second kappa shape index (κ2) is 8.12. The van der Waals surface area contributed by atoms with Crippen molar-refractivity contribution in [2.75, 3.05) is 6.61 Å². The molecule has 0 aromatic carbocycles. The number of hydrogen-bond acceptors (Lipinski definition) is 10. The number of nitrogens with zero attached hydrogens (tertiary/aromatic N) is 3. The van der Waals surface area contributed by atoms with E-state index >= 15 is 0 Å². The lowest BCUT2D eigenvalue weighted by Crippen LogP contribution is -2.40. The molecule has 1 aromatic rings. The predicted octanol–water partition coefficient (Wildman–Crippen LogP) is -0.391. The minimum absolute atomic E-state index is 0.171. The van der Waals surface area contributed by atoms with Crippen LogP contribution >= 0.6 is 0 Å². The highest BCUT2D eigenvalue weighted by molar-refractivity contribution is 5.82. The van der Waals surface area contributed by atoms with Crippen molar-refractivity contribution >= 4 is 23.9 Å². The van der Waals surface area contributed by atoms with E-state index in [1.54, 1.807) is 0 Å². The molecule has 0 amide bonds. The fourth-order valence-electron chi connectivity index (χ4n) is 2.62. The third-order valence-electron chi connectivity index (χ3n) is 3.57. The Morgan fingerprint density at radius 1 is 1.07 bits per heavy atom. The van der Waals surface area contributed by atoms with Crippen LogP contribution in [0, 0.1) is 6.92 Å². The molecule has 2 rings (SSSR count). The molecule has 12 heteroatoms. The molecule has 4 atom stereocenters. The molecule has 0 aliphatic carbocycles. The van der Waals surface area contributed by atoms with Crippen LogP contribution in [0.25, 0.3) is 0 Å². The van der Waals surface area contributed by atoms with E-state index < -0.39 is 54.2 Å². The van der Waals surface area contributed by atoms with Gasteiger partial charge in [0.2, 0.25) is 0 Å². The Labute approximate surface area is 153 Å². The van der Waals surface area contributed by atoms with Gasteiger partial charge in [-0.2, -0.15) is 0 Å². The van der Waals surface area contributed by atoms with E-state index in [0.29, 0.717) is 0 Å². The number of ether oxygens (including phenoxy) is 4. The molecule has 0 unspecified atom stereocenters. The first-order valence-electron chi connectivity index (χ1n) is 7.89. The second-order valence-corrected chi connectivity index (χ2v) is 5.75. The predicted molar refractivity (Wildman–Crippen MR) is 83.4 cm³/mol. The zero-order chi connectivity index (χ0) is 20.3. The van der Waals surface area contributed by atoms with Crippen LogP contribution in [0.15, 0.2) is 0 Å². The number of aromatic nitrogens is 3. The van der Waals surface area contributed by atoms with Crippen LogP contribution in [0.1, 0.15) is 43.4 Å². The lowest BCUT2D eigenvalue weighted by atomic mass is 10.1. The second-order valence-electron chi connectivity index (χ2n) is 5.75. The number of carboxylic acid groups (broad SMARTS) is 1. The molecular weight excluding hydrogens is 366 g/mol. The van der Waals surface area contributed by atoms with E-state index in [2.05, 4.69) is 10.1 Å². The molecule has 1 aliphatic heterocycles. The van der Waals surface area contributed by atoms with Crippen molar-refractivity contribution in [1.82, 2.24) is 14.8 Å². The number of carboxylic acids is 1. The topological polar surface area (TPSA) is 156 Å². The van der Waals surface area contributed by atoms with Crippen molar-refractivity contribution in [3.63, 3.8) is 0 Å². The maximum atomic E-state index is 11.5. The number of esters is 3. The average Bonchev–Trinajstić information content (AvgIpc) is 3.06. The summed E-state index contributed by atoms with van der Waals surface area (Å²) in [6.45, 7) is 4.70. The molecule has 1 fully saturated rings. The minimum atomic E-state index is -1.35. The summed E-state index contributed by atoms with van der Waals surface area (Å²) in [4.78, 5) is 49.0. The summed E-state index contributed by atoms with van der Waals surface area (Å²) in [5.74, 6) is -3.61. The Kier molecular flexibility index (Phi) is 6.10. The number of carbonyl (C=O) groups is 4. The van der Waals surface area contributed by atoms with Gasteiger partial charge in [-0.15, -0.1) is 5.10 Å². The van der Waals surface area contributed by atoms with E-state index in [4.69, 9.17) is 24.1 Å². The summed E-state index contributed by atoms with van der Waals surface area (Å²) in [7, 11) is 0. The van der Waals surface area contributed by atoms with Crippen molar-refractivity contribution in [3.05, 3.63) is 11.6 Å². The highest BCUT2D eigenvalue weighted by Crippen LogP contribution is 2.34. The lowest BCUT2D eigenvalue weighted by molar-refractivity contribution is -0.166. The van der Waals surface area contributed by atoms with Gasteiger partial charge in [0.15, 0.2) is 18.4 Å². The molecule has 12 nitrogen and oxygen atoms in total. The van der Waals surface area contributed by atoms with Crippen LogP contribution in [0.3, 0.4) is 0 Å². The first kappa shape index (κ1) is 20.3. The SMILES string of the molecule is CC(=O)OC[C@@H]1O[C@H](n2nc(C(=O)O)nc2C)[C@@H](OC(C)=O)[C@H]1OC(C)=O. The van der Waals surface area contributed by atoms with Crippen molar-refractivity contribution in [3.8, 4) is 0 Å². The molecule has 0 radical (unpaired) electrons. The van der Waals surface area contributed by atoms with E-state index in [-0.39, 0.29) is 12.4 Å². The smallest absolute Gasteiger partial charge is 0.375 e. The van der Waals surface area contributed by atoms with Gasteiger partial charge in [0, 0.05) is 20.8 Å². The summed E-state index contributed by atoms with van der Waals surface area (Å²) in [6.07, 6.45) is -4.37. The van der Waals surface area contributed by atoms with E-state index in [1.807, 2.05) is 0 Å². The number of aromatic carboxylic acids is 1. The molecule has 2 heterocycles. The largest absolute Gasteiger partial charge is 0.475 e. The fourth-order valence-corrected chi connectivity index (χ4v) is 2.62. The van der Waals surface area contributed by atoms with Crippen LogP contribution < -0.4 is 0 Å². The van der Waals surface area contributed by atoms with Crippen molar-refractivity contribution in [2.45, 2.75) is 52.2 Å². The Morgan fingerprint density at radius 2 is 1.67 bits per heavy atom. The highest BCUT2D eigenvalue weighted by atomic mass is 16.7. The normalized spacial score (nSPS) is 24.3. The van der Waals surface area contributed by atoms with Crippen LogP contribution in [0.4, 0.5) is 0 Å². The van der Waals surface area contributed by atoms with Gasteiger partial charge in [-0.05, 0) is 6.92 Å². The molecule has 1 aromatic heterocycles. The van der Waals surface area contributed by atoms with E-state index in [0.717, 1.165) is 18.5 Å². The summed E-state index contributed by atoms with van der Waals surface area (Å²) in [6, 6.07) is 0. The van der Waals surface area contributed by atoms with Crippen LogP contribution in [-0.2, 0) is 33.3 Å². The number of hydrogen-bond donors (Lipinski definition) is 1. The zero-order valence-electron chi connectivity index (χ0n) is 15.1. The summed E-state index contributed by atoms with van der Waals surface area (Å²) in [5.41, 5.74) is 0. The van der Waals surface area contributed by atoms with E-state index in [9.17, 15) is 19.2 Å². The summed E-state index contributed by atoms with van der Waals surface area (Å²) in [5, 5.41) is 12.9. The van der Waals surface area contributed by atoms with E-state index in [1.165, 1.54) is 13.8 Å². The quantitative estimate of drug-likeness (QED) is 0.502. The third-order valence-corrected chi connectivity index (χ3v) is 3.57. The minimum Gasteiger partial charge on any atom is -0.475 e. The Bertz CT molecular complexity index is 760. The molecule has 0 spiro atoms. The van der Waals surface area contributed by atoms with Gasteiger partial charge in [-0.25, -0.2) is 14.5 Å². The van der Waals surface area contributed by atoms with Crippen LogP contribution in [-0.4, -0.2) is 68.7 Å². The van der Waals surface area contributed by atoms with Gasteiger partial charge in [-0.1, -0.05) is 0 Å². The third kappa shape index (κ3) is 4.78. The molecule has 0 saturated carbocycles. The molecule has 148 valence electrons. The van der Waals surface area contributed by atoms with Crippen molar-refractivity contribution in [1.29, 1.82) is 0 Å². The Hall–Kier alpha value is -3.02. The fraction of sp³-hybridized carbons (Fsp3) is 0.600. The number of carbonyl (C=O) groups excluding carboxylic acids is 3. The van der Waals surface area contributed by atoms with Crippen molar-refractivity contribution in [2.24, 2.45) is 0 Å². The van der Waals surface area contributed by atoms with Gasteiger partial charge in [0.25, 0.3) is 5.82 Å². The van der Waals surface area contributed by atoms with Crippen LogP contribution in [0.5, 0.6) is 0 Å². The summed E-state index contributed by atoms with van der Waals surface area (Å²) >= 11 is 0. The molecule has 1 N–H and O–H groups in total. The number of aryl methyl sites for hydroxylation is 1. The molecule has 1 saturated heterocycles. The van der Waals surface area contributed by atoms with Crippen LogP contribution in [0.2, 0.25) is 0 Å². The molecular formula is C15H19N3O9. The van der Waals surface area contributed by atoms with Gasteiger partial charge in [0.1, 0.15) is 18.5 Å². The van der Waals surface area contributed by atoms with Gasteiger partial charge >= 0.3 is 23.9 Å². The maximum absolute atomic E-state index is 11.5. The molecule has 1 aliphatic rings. The first-order chi connectivity index (χ1) is 12.6. The lowest BCUT2D eigenvalue weighted by Gasteiger charge is -2.23. The van der Waals surface area contributed by atoms with Crippen molar-refractivity contribution < 1.29 is 43.2 Å². The maximum Gasteiger partial charge on any atom is 0.375 e. The Balaban J connectivity index is 2.40. The van der Waals surface area contributed by atoms with Gasteiger partial charge < -0.3 is 24.1 Å². The molecule has 27 heavy (non-hydrogen) atoms. The zero-order valence-corrected chi connectivity index (χ0v) is 15.1. The van der Waals surface area contributed by atoms with Gasteiger partial charge in [0.05, 0.1) is 0 Å². The number of rotatable bonds is 6. The Morgan fingerprint density at radius 3 is 2.15 bits per heavy atom. The summed E-state index contributed by atoms with van der Waals surface area (Å²) < 4.78 is 22.2. The van der Waals surface area contributed by atoms with Gasteiger partial charge in [-0.3, -0.25) is 14.4 Å². The monoisotopic (exact) mass is 385 g/mol. The average molecular weight is 385 g/mol. The first-order valence-corrected chi connectivity index (χ1v) is 7.89. The standard InChI is InChI=1S/C15H19N3O9/c1-6-16-13(15(22)23)17-18(6)14-12(26-9(4)21)11(25-8(3)20)10(27-14)5-24-7(2)19/h10-12,14H,5H2,1-4H3,(H,22,23)/t10-,11-,12-,14-/m0/s1. The molecule has 0 bridgehead atoms. The highest BCUT2D eigenvalue weighted by Gasteiger charge is 2.51.